The van der Waals surface area contributed by atoms with Crippen LogP contribution in [-0.4, -0.2) is 34.7 Å². The third kappa shape index (κ3) is 2.58. The van der Waals surface area contributed by atoms with Crippen molar-refractivity contribution in [3.8, 4) is 0 Å². The number of carboxylic acid groups (broad SMARTS) is 1. The number of aromatic nitrogens is 1. The Labute approximate surface area is 126 Å². The van der Waals surface area contributed by atoms with Crippen LogP contribution in [0.25, 0.3) is 15.9 Å². The van der Waals surface area contributed by atoms with Gasteiger partial charge in [0.15, 0.2) is 5.13 Å². The molecule has 1 aromatic carbocycles. The normalized spacial score (nSPS) is 18.7. The van der Waals surface area contributed by atoms with Crippen LogP contribution in [0, 0.1) is 5.92 Å². The molecular weight excluding hydrogens is 286 g/mol. The van der Waals surface area contributed by atoms with Crippen molar-refractivity contribution in [1.82, 2.24) is 9.88 Å². The van der Waals surface area contributed by atoms with E-state index in [1.54, 1.807) is 11.3 Å². The predicted molar refractivity (Wildman–Crippen MR) is 85.7 cm³/mol. The molecule has 0 spiro atoms. The van der Waals surface area contributed by atoms with Gasteiger partial charge in [0.2, 0.25) is 0 Å². The number of nitrogens with one attached hydrogen (secondary N) is 1. The van der Waals surface area contributed by atoms with Crippen molar-refractivity contribution in [3.05, 3.63) is 29.8 Å². The van der Waals surface area contributed by atoms with Gasteiger partial charge in [-0.25, -0.2) is 9.78 Å². The minimum absolute atomic E-state index is 0.351. The van der Waals surface area contributed by atoms with E-state index in [0.717, 1.165) is 33.0 Å². The Bertz CT molecular complexity index is 723. The number of amides is 1. The molecule has 5 nitrogen and oxygen atoms in total. The van der Waals surface area contributed by atoms with E-state index in [1.165, 1.54) is 4.90 Å². The third-order valence-corrected chi connectivity index (χ3v) is 4.68. The summed E-state index contributed by atoms with van der Waals surface area (Å²) < 4.78 is 1.09. The molecule has 1 aliphatic heterocycles. The molecular formula is C15H17N3O2S. The average Bonchev–Trinajstić information content (AvgIpc) is 2.89. The summed E-state index contributed by atoms with van der Waals surface area (Å²) in [7, 11) is 1.84. The van der Waals surface area contributed by atoms with Gasteiger partial charge in [-0.05, 0) is 24.5 Å². The highest BCUT2D eigenvalue weighted by molar-refractivity contribution is 7.22. The SMILES string of the molecule is CNc1nc2cc(C3=CCC(C)CN3C(=O)O)ccc2s1. The molecule has 1 amide bonds. The van der Waals surface area contributed by atoms with E-state index in [4.69, 9.17) is 0 Å². The molecule has 0 aliphatic carbocycles. The smallest absolute Gasteiger partial charge is 0.411 e. The van der Waals surface area contributed by atoms with Gasteiger partial charge in [-0.2, -0.15) is 0 Å². The summed E-state index contributed by atoms with van der Waals surface area (Å²) in [6.45, 7) is 2.60. The first kappa shape index (κ1) is 13.9. The predicted octanol–water partition coefficient (Wildman–Crippen LogP) is 3.70. The fourth-order valence-corrected chi connectivity index (χ4v) is 3.36. The summed E-state index contributed by atoms with van der Waals surface area (Å²) in [5.74, 6) is 0.351. The second-order valence-electron chi connectivity index (χ2n) is 5.27. The molecule has 0 fully saturated rings. The lowest BCUT2D eigenvalue weighted by molar-refractivity contribution is 0.159. The number of hydrogen-bond donors (Lipinski definition) is 2. The molecule has 21 heavy (non-hydrogen) atoms. The second-order valence-corrected chi connectivity index (χ2v) is 6.31. The number of hydrogen-bond acceptors (Lipinski definition) is 4. The van der Waals surface area contributed by atoms with E-state index in [2.05, 4.69) is 17.2 Å². The highest BCUT2D eigenvalue weighted by Crippen LogP contribution is 2.32. The summed E-state index contributed by atoms with van der Waals surface area (Å²) >= 11 is 1.59. The van der Waals surface area contributed by atoms with Crippen molar-refractivity contribution in [2.75, 3.05) is 18.9 Å². The first-order valence-corrected chi connectivity index (χ1v) is 7.69. The topological polar surface area (TPSA) is 65.5 Å². The Morgan fingerprint density at radius 1 is 1.52 bits per heavy atom. The van der Waals surface area contributed by atoms with Crippen molar-refractivity contribution in [3.63, 3.8) is 0 Å². The Kier molecular flexibility index (Phi) is 3.55. The van der Waals surface area contributed by atoms with Crippen LogP contribution in [0.15, 0.2) is 24.3 Å². The zero-order chi connectivity index (χ0) is 15.0. The van der Waals surface area contributed by atoms with Gasteiger partial charge in [-0.3, -0.25) is 4.90 Å². The molecule has 0 bridgehead atoms. The Morgan fingerprint density at radius 2 is 2.33 bits per heavy atom. The van der Waals surface area contributed by atoms with Crippen LogP contribution >= 0.6 is 11.3 Å². The monoisotopic (exact) mass is 303 g/mol. The van der Waals surface area contributed by atoms with E-state index < -0.39 is 6.09 Å². The van der Waals surface area contributed by atoms with Crippen LogP contribution in [0.5, 0.6) is 0 Å². The van der Waals surface area contributed by atoms with E-state index in [0.29, 0.717) is 12.5 Å². The van der Waals surface area contributed by atoms with Gasteiger partial charge in [-0.15, -0.1) is 0 Å². The summed E-state index contributed by atoms with van der Waals surface area (Å²) in [5, 5.41) is 13.3. The lowest BCUT2D eigenvalue weighted by Gasteiger charge is -2.29. The van der Waals surface area contributed by atoms with Gasteiger partial charge in [0.25, 0.3) is 0 Å². The fourth-order valence-electron chi connectivity index (χ4n) is 2.56. The fraction of sp³-hybridized carbons (Fsp3) is 0.333. The van der Waals surface area contributed by atoms with Gasteiger partial charge < -0.3 is 10.4 Å². The highest BCUT2D eigenvalue weighted by Gasteiger charge is 2.24. The van der Waals surface area contributed by atoms with Crippen LogP contribution in [0.2, 0.25) is 0 Å². The molecule has 2 heterocycles. The number of allylic oxidation sites excluding steroid dienone is 1. The van der Waals surface area contributed by atoms with Crippen molar-refractivity contribution in [2.45, 2.75) is 13.3 Å². The number of thiazole rings is 1. The number of benzene rings is 1. The molecule has 2 N–H and O–H groups in total. The van der Waals surface area contributed by atoms with E-state index in [1.807, 2.05) is 31.3 Å². The largest absolute Gasteiger partial charge is 0.465 e. The van der Waals surface area contributed by atoms with Crippen molar-refractivity contribution in [1.29, 1.82) is 0 Å². The molecule has 1 unspecified atom stereocenters. The van der Waals surface area contributed by atoms with Crippen LogP contribution in [0.3, 0.4) is 0 Å². The van der Waals surface area contributed by atoms with E-state index >= 15 is 0 Å². The van der Waals surface area contributed by atoms with Crippen LogP contribution in [0.1, 0.15) is 18.9 Å². The zero-order valence-electron chi connectivity index (χ0n) is 12.0. The van der Waals surface area contributed by atoms with Crippen LogP contribution < -0.4 is 5.32 Å². The Balaban J connectivity index is 2.03. The molecule has 6 heteroatoms. The number of carbonyl (C=O) groups is 1. The van der Waals surface area contributed by atoms with Crippen molar-refractivity contribution >= 4 is 38.5 Å². The maximum Gasteiger partial charge on any atom is 0.411 e. The second kappa shape index (κ2) is 5.37. The summed E-state index contributed by atoms with van der Waals surface area (Å²) in [6, 6.07) is 5.93. The van der Waals surface area contributed by atoms with Crippen LogP contribution in [0.4, 0.5) is 9.93 Å². The zero-order valence-corrected chi connectivity index (χ0v) is 12.8. The maximum absolute atomic E-state index is 11.5. The molecule has 0 saturated carbocycles. The standard InChI is InChI=1S/C15H17N3O2S/c1-9-3-5-12(18(8-9)15(19)20)10-4-6-13-11(7-10)17-14(16-2)21-13/h4-7,9H,3,8H2,1-2H3,(H,16,17)(H,19,20). The summed E-state index contributed by atoms with van der Waals surface area (Å²) in [6.07, 6.45) is 2.01. The molecule has 2 aromatic rings. The average molecular weight is 303 g/mol. The highest BCUT2D eigenvalue weighted by atomic mass is 32.1. The van der Waals surface area contributed by atoms with Gasteiger partial charge in [0.05, 0.1) is 15.9 Å². The molecule has 110 valence electrons. The number of nitrogens with zero attached hydrogens (tertiary/aromatic N) is 2. The van der Waals surface area contributed by atoms with E-state index in [-0.39, 0.29) is 0 Å². The lowest BCUT2D eigenvalue weighted by Crippen LogP contribution is -2.34. The number of rotatable bonds is 2. The minimum atomic E-state index is -0.901. The molecule has 0 saturated heterocycles. The molecule has 3 rings (SSSR count). The quantitative estimate of drug-likeness (QED) is 0.888. The summed E-state index contributed by atoms with van der Waals surface area (Å²) in [5.41, 5.74) is 2.57. The van der Waals surface area contributed by atoms with Gasteiger partial charge in [0.1, 0.15) is 0 Å². The first-order chi connectivity index (χ1) is 10.1. The Hall–Kier alpha value is -2.08. The molecule has 1 atom stereocenters. The molecule has 1 aromatic heterocycles. The van der Waals surface area contributed by atoms with Gasteiger partial charge >= 0.3 is 6.09 Å². The van der Waals surface area contributed by atoms with Crippen molar-refractivity contribution in [2.24, 2.45) is 5.92 Å². The molecule has 1 aliphatic rings. The van der Waals surface area contributed by atoms with E-state index in [9.17, 15) is 9.90 Å². The van der Waals surface area contributed by atoms with Gasteiger partial charge in [-0.1, -0.05) is 30.4 Å². The number of fused-ring (bicyclic) bond motifs is 1. The van der Waals surface area contributed by atoms with Gasteiger partial charge in [0, 0.05) is 19.2 Å². The number of anilines is 1. The minimum Gasteiger partial charge on any atom is -0.465 e. The van der Waals surface area contributed by atoms with Crippen LogP contribution in [-0.2, 0) is 0 Å². The summed E-state index contributed by atoms with van der Waals surface area (Å²) in [4.78, 5) is 17.4. The first-order valence-electron chi connectivity index (χ1n) is 6.88. The third-order valence-electron chi connectivity index (χ3n) is 3.63. The van der Waals surface area contributed by atoms with Crippen molar-refractivity contribution < 1.29 is 9.90 Å². The lowest BCUT2D eigenvalue weighted by atomic mass is 9.98. The maximum atomic E-state index is 11.5. The molecule has 0 radical (unpaired) electrons. The Morgan fingerprint density at radius 3 is 3.05 bits per heavy atom.